The maximum Gasteiger partial charge on any atom is 0.0534 e. The Labute approximate surface area is 255 Å². The molecule has 43 heavy (non-hydrogen) atoms. The number of hydrogen-bond acceptors (Lipinski definition) is 1. The van der Waals surface area contributed by atoms with Crippen molar-refractivity contribution in [2.24, 2.45) is 0 Å². The zero-order valence-electron chi connectivity index (χ0n) is 25.1. The third-order valence-electron chi connectivity index (χ3n) is 9.90. The number of nitrogens with one attached hydrogen (secondary N) is 1. The van der Waals surface area contributed by atoms with Crippen LogP contribution in [0.15, 0.2) is 97.1 Å². The lowest BCUT2D eigenvalue weighted by molar-refractivity contribution is 0.608. The van der Waals surface area contributed by atoms with Gasteiger partial charge in [0.05, 0.1) is 11.0 Å². The standard InChI is InChI=1S/C40H41N3/c1-3-7-17-37-33(13-5-1)35-15-9-11-19-39(35)42(37)31-25-21-29(22-26-31)41-30-23-27-32(28-24-30)43-38-18-8-4-2-6-14-34(38)36-16-10-12-20-40(36)43/h9-12,15-16,19-28,41H,1-8,13-14,17-18H2. The molecule has 216 valence electrons. The van der Waals surface area contributed by atoms with Gasteiger partial charge in [-0.1, -0.05) is 62.1 Å². The second kappa shape index (κ2) is 11.4. The van der Waals surface area contributed by atoms with E-state index in [9.17, 15) is 0 Å². The SMILES string of the molecule is c1ccc2c(c1)c1c(n2-c2ccc(Nc3ccc(-n4c5c(c6ccccc64)CCCCCC5)cc3)cc2)CCCCCC1. The molecule has 2 aromatic heterocycles. The Kier molecular flexibility index (Phi) is 7.03. The predicted octanol–water partition coefficient (Wildman–Crippen LogP) is 10.6. The topological polar surface area (TPSA) is 21.9 Å². The summed E-state index contributed by atoms with van der Waals surface area (Å²) in [5, 5.41) is 6.54. The Morgan fingerprint density at radius 1 is 0.395 bits per heavy atom. The summed E-state index contributed by atoms with van der Waals surface area (Å²) in [5.41, 5.74) is 13.6. The van der Waals surface area contributed by atoms with Crippen LogP contribution in [0, 0.1) is 0 Å². The molecule has 0 aliphatic heterocycles. The van der Waals surface area contributed by atoms with Crippen molar-refractivity contribution in [3.05, 3.63) is 120 Å². The van der Waals surface area contributed by atoms with Crippen molar-refractivity contribution in [3.63, 3.8) is 0 Å². The molecule has 2 heterocycles. The summed E-state index contributed by atoms with van der Waals surface area (Å²) in [7, 11) is 0. The van der Waals surface area contributed by atoms with Gasteiger partial charge in [-0.3, -0.25) is 0 Å². The number of nitrogens with zero attached hydrogens (tertiary/aromatic N) is 2. The van der Waals surface area contributed by atoms with Gasteiger partial charge in [-0.05, 0) is 123 Å². The summed E-state index contributed by atoms with van der Waals surface area (Å²) >= 11 is 0. The van der Waals surface area contributed by atoms with Gasteiger partial charge in [0.25, 0.3) is 0 Å². The van der Waals surface area contributed by atoms with Crippen LogP contribution in [0.1, 0.15) is 73.9 Å². The third-order valence-corrected chi connectivity index (χ3v) is 9.90. The molecule has 0 spiro atoms. The van der Waals surface area contributed by atoms with E-state index in [0.29, 0.717) is 0 Å². The molecule has 0 saturated heterocycles. The molecule has 0 fully saturated rings. The van der Waals surface area contributed by atoms with Gasteiger partial charge in [0.2, 0.25) is 0 Å². The average Bonchev–Trinajstić information content (AvgIpc) is 3.48. The number of hydrogen-bond donors (Lipinski definition) is 1. The monoisotopic (exact) mass is 563 g/mol. The van der Waals surface area contributed by atoms with Gasteiger partial charge in [-0.15, -0.1) is 0 Å². The van der Waals surface area contributed by atoms with Crippen LogP contribution < -0.4 is 5.32 Å². The first kappa shape index (κ1) is 26.4. The van der Waals surface area contributed by atoms with Gasteiger partial charge < -0.3 is 14.5 Å². The van der Waals surface area contributed by atoms with E-state index in [-0.39, 0.29) is 0 Å². The fraction of sp³-hybridized carbons (Fsp3) is 0.300. The Balaban J connectivity index is 1.08. The molecule has 3 nitrogen and oxygen atoms in total. The number of anilines is 2. The molecule has 3 heteroatoms. The van der Waals surface area contributed by atoms with Crippen LogP contribution in [0.2, 0.25) is 0 Å². The van der Waals surface area contributed by atoms with Crippen molar-refractivity contribution in [3.8, 4) is 11.4 Å². The highest BCUT2D eigenvalue weighted by atomic mass is 15.0. The fourth-order valence-electron chi connectivity index (χ4n) is 7.84. The zero-order chi connectivity index (χ0) is 28.6. The minimum Gasteiger partial charge on any atom is -0.356 e. The molecule has 0 radical (unpaired) electrons. The molecule has 4 aromatic carbocycles. The van der Waals surface area contributed by atoms with Crippen LogP contribution in [0.3, 0.4) is 0 Å². The van der Waals surface area contributed by atoms with E-state index in [1.54, 1.807) is 11.1 Å². The van der Waals surface area contributed by atoms with E-state index in [4.69, 9.17) is 0 Å². The van der Waals surface area contributed by atoms with E-state index in [1.165, 1.54) is 109 Å². The molecule has 2 aliphatic rings. The first-order chi connectivity index (χ1) is 21.3. The van der Waals surface area contributed by atoms with Crippen molar-refractivity contribution in [2.45, 2.75) is 77.0 Å². The van der Waals surface area contributed by atoms with Crippen molar-refractivity contribution in [1.82, 2.24) is 9.13 Å². The lowest BCUT2D eigenvalue weighted by Gasteiger charge is -2.16. The number of aryl methyl sites for hydroxylation is 2. The molecule has 0 bridgehead atoms. The van der Waals surface area contributed by atoms with Gasteiger partial charge in [-0.2, -0.15) is 0 Å². The molecule has 0 atom stereocenters. The quantitative estimate of drug-likeness (QED) is 0.226. The predicted molar refractivity (Wildman–Crippen MR) is 182 cm³/mol. The molecular weight excluding hydrogens is 522 g/mol. The van der Waals surface area contributed by atoms with Crippen molar-refractivity contribution in [2.75, 3.05) is 5.32 Å². The molecule has 6 aromatic rings. The highest BCUT2D eigenvalue weighted by Crippen LogP contribution is 2.36. The number of fused-ring (bicyclic) bond motifs is 6. The van der Waals surface area contributed by atoms with E-state index in [1.807, 2.05) is 0 Å². The van der Waals surface area contributed by atoms with Crippen LogP contribution in [0.4, 0.5) is 11.4 Å². The van der Waals surface area contributed by atoms with Crippen LogP contribution in [-0.2, 0) is 25.7 Å². The van der Waals surface area contributed by atoms with E-state index in [2.05, 4.69) is 112 Å². The van der Waals surface area contributed by atoms with E-state index >= 15 is 0 Å². The Bertz CT molecular complexity index is 1750. The normalized spacial score (nSPS) is 15.7. The lowest BCUT2D eigenvalue weighted by Crippen LogP contribution is -2.05. The van der Waals surface area contributed by atoms with Crippen molar-refractivity contribution >= 4 is 33.2 Å². The fourth-order valence-corrected chi connectivity index (χ4v) is 7.84. The van der Waals surface area contributed by atoms with Crippen LogP contribution in [-0.4, -0.2) is 9.13 Å². The summed E-state index contributed by atoms with van der Waals surface area (Å²) < 4.78 is 5.06. The Morgan fingerprint density at radius 2 is 0.791 bits per heavy atom. The number of benzene rings is 4. The van der Waals surface area contributed by atoms with Gasteiger partial charge in [0.1, 0.15) is 0 Å². The second-order valence-corrected chi connectivity index (χ2v) is 12.6. The smallest absolute Gasteiger partial charge is 0.0534 e. The molecule has 0 unspecified atom stereocenters. The summed E-state index contributed by atoms with van der Waals surface area (Å²) in [4.78, 5) is 0. The first-order valence-corrected chi connectivity index (χ1v) is 16.6. The molecule has 0 amide bonds. The maximum atomic E-state index is 3.67. The van der Waals surface area contributed by atoms with Gasteiger partial charge in [0.15, 0.2) is 0 Å². The van der Waals surface area contributed by atoms with Gasteiger partial charge in [0, 0.05) is 44.9 Å². The highest BCUT2D eigenvalue weighted by molar-refractivity contribution is 5.88. The lowest BCUT2D eigenvalue weighted by atomic mass is 9.96. The largest absolute Gasteiger partial charge is 0.356 e. The maximum absolute atomic E-state index is 3.67. The van der Waals surface area contributed by atoms with Gasteiger partial charge in [-0.25, -0.2) is 0 Å². The average molecular weight is 564 g/mol. The first-order valence-electron chi connectivity index (χ1n) is 16.6. The molecule has 1 N–H and O–H groups in total. The van der Waals surface area contributed by atoms with Crippen LogP contribution in [0.25, 0.3) is 33.2 Å². The van der Waals surface area contributed by atoms with Crippen molar-refractivity contribution < 1.29 is 0 Å². The molecular formula is C40H41N3. The number of rotatable bonds is 4. The summed E-state index contributed by atoms with van der Waals surface area (Å²) in [6.07, 6.45) is 15.2. The van der Waals surface area contributed by atoms with Crippen LogP contribution >= 0.6 is 0 Å². The van der Waals surface area contributed by atoms with Crippen LogP contribution in [0.5, 0.6) is 0 Å². The minimum absolute atomic E-state index is 1.12. The van der Waals surface area contributed by atoms with E-state index in [0.717, 1.165) is 24.2 Å². The molecule has 8 rings (SSSR count). The molecule has 2 aliphatic carbocycles. The molecule has 0 saturated carbocycles. The number of para-hydroxylation sites is 2. The zero-order valence-corrected chi connectivity index (χ0v) is 25.1. The third kappa shape index (κ3) is 4.85. The summed E-state index contributed by atoms with van der Waals surface area (Å²) in [6, 6.07) is 36.0. The van der Waals surface area contributed by atoms with Crippen molar-refractivity contribution in [1.29, 1.82) is 0 Å². The van der Waals surface area contributed by atoms with Gasteiger partial charge >= 0.3 is 0 Å². The Morgan fingerprint density at radius 3 is 1.23 bits per heavy atom. The van der Waals surface area contributed by atoms with E-state index < -0.39 is 0 Å². The summed E-state index contributed by atoms with van der Waals surface area (Å²) in [5.74, 6) is 0. The minimum atomic E-state index is 1.12. The highest BCUT2D eigenvalue weighted by Gasteiger charge is 2.20. The number of aromatic nitrogens is 2. The second-order valence-electron chi connectivity index (χ2n) is 12.6. The Hall–Kier alpha value is -4.24. The summed E-state index contributed by atoms with van der Waals surface area (Å²) in [6.45, 7) is 0.